The quantitative estimate of drug-likeness (QED) is 0.176. The van der Waals surface area contributed by atoms with Crippen molar-refractivity contribution in [2.24, 2.45) is 25.9 Å². The molecule has 0 radical (unpaired) electrons. The van der Waals surface area contributed by atoms with Gasteiger partial charge in [0.05, 0.1) is 28.0 Å². The highest BCUT2D eigenvalue weighted by atomic mass is 35.5. The molecule has 268 valence electrons. The minimum absolute atomic E-state index is 0.189. The maximum atomic E-state index is 13.7. The van der Waals surface area contributed by atoms with Crippen LogP contribution in [0.5, 0.6) is 0 Å². The fraction of sp³-hybridized carbons (Fsp3) is 0.447. The number of carbonyl (C=O) groups is 3. The predicted molar refractivity (Wildman–Crippen MR) is 196 cm³/mol. The van der Waals surface area contributed by atoms with Crippen molar-refractivity contribution in [3.8, 4) is 11.1 Å². The van der Waals surface area contributed by atoms with Gasteiger partial charge in [-0.15, -0.1) is 0 Å². The van der Waals surface area contributed by atoms with E-state index in [2.05, 4.69) is 25.8 Å². The molecule has 2 amide bonds. The van der Waals surface area contributed by atoms with Crippen LogP contribution in [0, 0.1) is 18.8 Å². The number of anilines is 2. The van der Waals surface area contributed by atoms with Crippen LogP contribution in [0.15, 0.2) is 36.4 Å². The third-order valence-corrected chi connectivity index (χ3v) is 11.4. The van der Waals surface area contributed by atoms with E-state index in [4.69, 9.17) is 16.6 Å². The monoisotopic (exact) mass is 712 g/mol. The second-order valence-electron chi connectivity index (χ2n) is 14.1. The molecular formula is C38H45ClN8O4. The molecular weight excluding hydrogens is 668 g/mol. The first-order valence-corrected chi connectivity index (χ1v) is 18.2. The van der Waals surface area contributed by atoms with Gasteiger partial charge in [0.15, 0.2) is 11.6 Å². The first-order valence-electron chi connectivity index (χ1n) is 17.8. The second kappa shape index (κ2) is 14.6. The van der Waals surface area contributed by atoms with Gasteiger partial charge in [-0.3, -0.25) is 19.3 Å². The first kappa shape index (κ1) is 34.9. The summed E-state index contributed by atoms with van der Waals surface area (Å²) in [5.41, 5.74) is 7.49. The van der Waals surface area contributed by atoms with Gasteiger partial charge < -0.3 is 30.2 Å². The molecule has 2 aliphatic heterocycles. The van der Waals surface area contributed by atoms with Crippen LogP contribution in [-0.2, 0) is 44.8 Å². The maximum absolute atomic E-state index is 13.7. The molecule has 4 aromatic rings. The van der Waals surface area contributed by atoms with Crippen molar-refractivity contribution in [3.63, 3.8) is 0 Å². The van der Waals surface area contributed by atoms with Gasteiger partial charge in [0, 0.05) is 75.8 Å². The number of halogens is 1. The van der Waals surface area contributed by atoms with Crippen LogP contribution < -0.4 is 16.0 Å². The Bertz CT molecular complexity index is 1990. The lowest BCUT2D eigenvalue weighted by Gasteiger charge is -2.30. The van der Waals surface area contributed by atoms with Crippen molar-refractivity contribution >= 4 is 40.8 Å². The molecule has 0 spiro atoms. The lowest BCUT2D eigenvalue weighted by molar-refractivity contribution is -0.143. The summed E-state index contributed by atoms with van der Waals surface area (Å²) in [5, 5.41) is 19.0. The van der Waals surface area contributed by atoms with Crippen molar-refractivity contribution in [3.05, 3.63) is 81.4 Å². The number of benzene rings is 2. The number of rotatable bonds is 9. The minimum Gasteiger partial charge on any atom is -0.481 e. The Morgan fingerprint density at radius 1 is 0.882 bits per heavy atom. The second-order valence-corrected chi connectivity index (χ2v) is 14.5. The summed E-state index contributed by atoms with van der Waals surface area (Å²) in [6, 6.07) is 11.2. The minimum atomic E-state index is -0.665. The molecule has 0 atom stereocenters. The average Bonchev–Trinajstić information content (AvgIpc) is 3.65. The van der Waals surface area contributed by atoms with Gasteiger partial charge in [0.1, 0.15) is 0 Å². The summed E-state index contributed by atoms with van der Waals surface area (Å²) in [6.07, 6.45) is 6.17. The van der Waals surface area contributed by atoms with Crippen LogP contribution in [0.2, 0.25) is 5.02 Å². The number of carboxylic acid groups (broad SMARTS) is 1. The zero-order valence-electron chi connectivity index (χ0n) is 29.4. The predicted octanol–water partition coefficient (Wildman–Crippen LogP) is 5.57. The van der Waals surface area contributed by atoms with E-state index in [1.54, 1.807) is 6.07 Å². The van der Waals surface area contributed by atoms with Gasteiger partial charge >= 0.3 is 5.97 Å². The number of hydrogen-bond donors (Lipinski definition) is 4. The Labute approximate surface area is 302 Å². The molecule has 4 heterocycles. The van der Waals surface area contributed by atoms with E-state index in [1.807, 2.05) is 60.5 Å². The molecule has 1 fully saturated rings. The zero-order chi connectivity index (χ0) is 35.8. The highest BCUT2D eigenvalue weighted by molar-refractivity contribution is 6.36. The highest BCUT2D eigenvalue weighted by Gasteiger charge is 2.29. The summed E-state index contributed by atoms with van der Waals surface area (Å²) >= 11 is 6.98. The molecule has 7 rings (SSSR count). The number of amides is 2. The van der Waals surface area contributed by atoms with E-state index >= 15 is 0 Å². The van der Waals surface area contributed by atoms with E-state index in [0.29, 0.717) is 47.1 Å². The van der Waals surface area contributed by atoms with Crippen molar-refractivity contribution in [2.75, 3.05) is 30.3 Å². The SMILES string of the molecule is Cc1c(NC(=O)c2nc3c(n2C)CCNC3)cccc1-c1cccc(NC(=O)c2nc3c(n2C)CCN(CCC2CCC(C(=O)O)CC2)C3)c1Cl. The van der Waals surface area contributed by atoms with Crippen LogP contribution in [0.3, 0.4) is 0 Å². The summed E-state index contributed by atoms with van der Waals surface area (Å²) in [4.78, 5) is 50.1. The first-order chi connectivity index (χ1) is 24.6. The number of carboxylic acids is 1. The number of aromatic nitrogens is 4. The van der Waals surface area contributed by atoms with Crippen LogP contribution in [0.4, 0.5) is 11.4 Å². The molecule has 2 aromatic heterocycles. The van der Waals surface area contributed by atoms with E-state index in [9.17, 15) is 19.5 Å². The number of hydrogen-bond acceptors (Lipinski definition) is 7. The number of carbonyl (C=O) groups excluding carboxylic acids is 2. The summed E-state index contributed by atoms with van der Waals surface area (Å²) < 4.78 is 3.76. The molecule has 2 aromatic carbocycles. The van der Waals surface area contributed by atoms with Crippen molar-refractivity contribution in [1.82, 2.24) is 29.3 Å². The highest BCUT2D eigenvalue weighted by Crippen LogP contribution is 2.38. The van der Waals surface area contributed by atoms with Crippen LogP contribution in [-0.4, -0.2) is 66.5 Å². The Morgan fingerprint density at radius 3 is 2.20 bits per heavy atom. The third kappa shape index (κ3) is 7.04. The van der Waals surface area contributed by atoms with Crippen molar-refractivity contribution in [1.29, 1.82) is 0 Å². The van der Waals surface area contributed by atoms with Crippen molar-refractivity contribution in [2.45, 2.75) is 65.0 Å². The number of nitrogens with one attached hydrogen (secondary N) is 3. The maximum Gasteiger partial charge on any atom is 0.306 e. The average molecular weight is 713 g/mol. The Kier molecular flexibility index (Phi) is 10.00. The number of imidazole rings is 2. The molecule has 4 N–H and O–H groups in total. The lowest BCUT2D eigenvalue weighted by Crippen LogP contribution is -2.33. The fourth-order valence-corrected chi connectivity index (χ4v) is 8.23. The molecule has 0 unspecified atom stereocenters. The topological polar surface area (TPSA) is 146 Å². The van der Waals surface area contributed by atoms with E-state index < -0.39 is 5.97 Å². The van der Waals surface area contributed by atoms with Gasteiger partial charge in [-0.05, 0) is 74.8 Å². The number of nitrogens with zero attached hydrogens (tertiary/aromatic N) is 5. The third-order valence-electron chi connectivity index (χ3n) is 11.0. The molecule has 12 nitrogen and oxygen atoms in total. The van der Waals surface area contributed by atoms with Gasteiger partial charge in [-0.25, -0.2) is 9.97 Å². The lowest BCUT2D eigenvalue weighted by atomic mass is 9.80. The largest absolute Gasteiger partial charge is 0.481 e. The standard InChI is InChI=1S/C38H45ClN8O4/c1-22-25(6-4-8-27(22)43-36(48)34-41-29-20-40-17-14-31(29)45(34)2)26-7-5-9-28(33(26)39)44-37(49)35-42-30-21-47(19-16-32(30)46(35)3)18-15-23-10-12-24(13-11-23)38(50)51/h4-9,23-24,40H,10-21H2,1-3H3,(H,43,48)(H,44,49)(H,50,51). The Hall–Kier alpha value is -4.52. The van der Waals surface area contributed by atoms with Crippen LogP contribution in [0.1, 0.15) is 81.7 Å². The molecule has 3 aliphatic rings. The summed E-state index contributed by atoms with van der Waals surface area (Å²) in [5.74, 6) is -0.197. The molecule has 13 heteroatoms. The van der Waals surface area contributed by atoms with Gasteiger partial charge in [0.25, 0.3) is 11.8 Å². The van der Waals surface area contributed by atoms with Crippen LogP contribution >= 0.6 is 11.6 Å². The Balaban J connectivity index is 1.02. The molecule has 1 aliphatic carbocycles. The number of fused-ring (bicyclic) bond motifs is 2. The van der Waals surface area contributed by atoms with Crippen molar-refractivity contribution < 1.29 is 19.5 Å². The van der Waals surface area contributed by atoms with E-state index in [-0.39, 0.29) is 17.7 Å². The van der Waals surface area contributed by atoms with Gasteiger partial charge in [-0.1, -0.05) is 35.9 Å². The normalized spacial score (nSPS) is 18.9. The van der Waals surface area contributed by atoms with E-state index in [0.717, 1.165) is 104 Å². The zero-order valence-corrected chi connectivity index (χ0v) is 30.1. The van der Waals surface area contributed by atoms with E-state index in [1.165, 1.54) is 0 Å². The summed E-state index contributed by atoms with van der Waals surface area (Å²) in [7, 11) is 3.76. The van der Waals surface area contributed by atoms with Gasteiger partial charge in [-0.2, -0.15) is 0 Å². The molecule has 0 saturated heterocycles. The summed E-state index contributed by atoms with van der Waals surface area (Å²) in [6.45, 7) is 5.97. The van der Waals surface area contributed by atoms with Gasteiger partial charge in [0.2, 0.25) is 0 Å². The number of aliphatic carboxylic acids is 1. The molecule has 1 saturated carbocycles. The Morgan fingerprint density at radius 2 is 1.51 bits per heavy atom. The molecule has 51 heavy (non-hydrogen) atoms. The fourth-order valence-electron chi connectivity index (χ4n) is 7.95. The molecule has 0 bridgehead atoms. The smallest absolute Gasteiger partial charge is 0.306 e. The van der Waals surface area contributed by atoms with Crippen LogP contribution in [0.25, 0.3) is 11.1 Å².